The Kier molecular flexibility index (Phi) is 4.79. The fraction of sp³-hybridized carbons (Fsp3) is 0.333. The molecule has 2 aliphatic rings. The predicted molar refractivity (Wildman–Crippen MR) is 105 cm³/mol. The maximum atomic E-state index is 7.27. The quantitative estimate of drug-likeness (QED) is 0.474. The van der Waals surface area contributed by atoms with Crippen molar-refractivity contribution in [2.24, 2.45) is 5.92 Å². The van der Waals surface area contributed by atoms with Gasteiger partial charge in [-0.25, -0.2) is 0 Å². The molecule has 1 aromatic rings. The Bertz CT molecular complexity index is 692. The van der Waals surface area contributed by atoms with E-state index in [1.165, 1.54) is 34.7 Å². The molecule has 0 saturated carbocycles. The molecule has 3 rings (SSSR count). The lowest BCUT2D eigenvalue weighted by molar-refractivity contribution is 0.668. The minimum Gasteiger partial charge on any atom is -0.160 e. The summed E-state index contributed by atoms with van der Waals surface area (Å²) in [6.45, 7) is 6.82. The van der Waals surface area contributed by atoms with E-state index >= 15 is 0 Å². The summed E-state index contributed by atoms with van der Waals surface area (Å²) in [5.41, 5.74) is 4.76. The largest absolute Gasteiger partial charge is 0.195 e. The lowest BCUT2D eigenvalue weighted by Crippen LogP contribution is -2.44. The molecule has 0 saturated heterocycles. The number of halogens is 1. The van der Waals surface area contributed by atoms with E-state index in [1.807, 2.05) is 0 Å². The lowest BCUT2D eigenvalue weighted by atomic mass is 9.93. The van der Waals surface area contributed by atoms with Crippen LogP contribution >= 0.6 is 11.1 Å². The Morgan fingerprint density at radius 3 is 2.52 bits per heavy atom. The second-order valence-corrected chi connectivity index (χ2v) is 12.5. The van der Waals surface area contributed by atoms with Gasteiger partial charge in [0.1, 0.15) is 0 Å². The van der Waals surface area contributed by atoms with Gasteiger partial charge in [0.05, 0.1) is 0 Å². The zero-order valence-electron chi connectivity index (χ0n) is 14.2. The van der Waals surface area contributed by atoms with Crippen LogP contribution in [0.2, 0.25) is 12.1 Å². The maximum absolute atomic E-state index is 7.27. The summed E-state index contributed by atoms with van der Waals surface area (Å²) in [4.78, 5) is 0. The van der Waals surface area contributed by atoms with Crippen LogP contribution < -0.4 is 5.19 Å². The summed E-state index contributed by atoms with van der Waals surface area (Å²) in [5, 5.41) is 1.32. The average Bonchev–Trinajstić information content (AvgIpc) is 2.77. The van der Waals surface area contributed by atoms with Crippen LogP contribution in [0.1, 0.15) is 26.7 Å². The Labute approximate surface area is 146 Å². The fourth-order valence-corrected chi connectivity index (χ4v) is 8.22. The zero-order chi connectivity index (χ0) is 16.4. The number of rotatable bonds is 4. The average molecular weight is 341 g/mol. The fourth-order valence-electron chi connectivity index (χ4n) is 4.01. The van der Waals surface area contributed by atoms with Crippen molar-refractivity contribution in [2.45, 2.75) is 38.8 Å². The van der Waals surface area contributed by atoms with Crippen molar-refractivity contribution in [3.8, 4) is 0 Å². The van der Waals surface area contributed by atoms with E-state index in [4.69, 9.17) is 11.1 Å². The molecule has 0 amide bonds. The summed E-state index contributed by atoms with van der Waals surface area (Å²) in [6.07, 6.45) is 13.9. The summed E-state index contributed by atoms with van der Waals surface area (Å²) in [7, 11) is -2.13. The summed E-state index contributed by atoms with van der Waals surface area (Å²) in [5.74, 6) is 0.530. The third kappa shape index (κ3) is 3.05. The second-order valence-electron chi connectivity index (χ2n) is 6.81. The normalized spacial score (nSPS) is 25.8. The molecule has 0 N–H and O–H groups in total. The van der Waals surface area contributed by atoms with Crippen LogP contribution in [0.25, 0.3) is 0 Å². The first-order chi connectivity index (χ1) is 11.1. The van der Waals surface area contributed by atoms with E-state index in [9.17, 15) is 0 Å². The van der Waals surface area contributed by atoms with Crippen molar-refractivity contribution in [3.63, 3.8) is 0 Å². The smallest absolute Gasteiger partial charge is 0.160 e. The number of allylic oxidation sites excluding steroid dienone is 8. The molecule has 0 radical (unpaired) electrons. The number of benzene rings is 1. The van der Waals surface area contributed by atoms with E-state index in [2.05, 4.69) is 81.1 Å². The molecule has 3 unspecified atom stereocenters. The molecule has 0 aromatic heterocycles. The maximum Gasteiger partial charge on any atom is 0.195 e. The monoisotopic (exact) mass is 340 g/mol. The van der Waals surface area contributed by atoms with Crippen LogP contribution in [0.15, 0.2) is 77.4 Å². The van der Waals surface area contributed by atoms with Crippen molar-refractivity contribution < 1.29 is 0 Å². The van der Waals surface area contributed by atoms with Crippen molar-refractivity contribution in [1.29, 1.82) is 0 Å². The van der Waals surface area contributed by atoms with E-state index in [0.717, 1.165) is 0 Å². The molecule has 3 atom stereocenters. The highest BCUT2D eigenvalue weighted by Crippen LogP contribution is 2.48. The van der Waals surface area contributed by atoms with Gasteiger partial charge in [-0.05, 0) is 29.7 Å². The van der Waals surface area contributed by atoms with Gasteiger partial charge in [0.15, 0.2) is 7.38 Å². The van der Waals surface area contributed by atoms with Gasteiger partial charge in [0.2, 0.25) is 0 Å². The van der Waals surface area contributed by atoms with Crippen LogP contribution in [-0.2, 0) is 0 Å². The predicted octanol–water partition coefficient (Wildman–Crippen LogP) is 5.88. The molecule has 0 heterocycles. The molecular weight excluding hydrogens is 316 g/mol. The van der Waals surface area contributed by atoms with Crippen molar-refractivity contribution in [3.05, 3.63) is 77.4 Å². The van der Waals surface area contributed by atoms with Gasteiger partial charge in [-0.15, -0.1) is 0 Å². The van der Waals surface area contributed by atoms with E-state index < -0.39 is 7.38 Å². The first kappa shape index (κ1) is 16.5. The minimum atomic E-state index is -2.13. The van der Waals surface area contributed by atoms with Gasteiger partial charge in [-0.2, -0.15) is 11.1 Å². The third-order valence-electron chi connectivity index (χ3n) is 5.09. The topological polar surface area (TPSA) is 0 Å². The highest BCUT2D eigenvalue weighted by atomic mass is 35.6. The summed E-state index contributed by atoms with van der Waals surface area (Å²) >= 11 is 7.27. The SMILES string of the molecule is CCCC1C=CC=CC2=C1C=C(C)C2[Si](C)(Cl)c1ccccc1. The molecule has 120 valence electrons. The number of hydrogen-bond donors (Lipinski definition) is 0. The van der Waals surface area contributed by atoms with Gasteiger partial charge >= 0.3 is 0 Å². The second kappa shape index (κ2) is 6.66. The van der Waals surface area contributed by atoms with Crippen LogP contribution in [0.5, 0.6) is 0 Å². The van der Waals surface area contributed by atoms with Gasteiger partial charge in [0, 0.05) is 11.5 Å². The molecule has 0 spiro atoms. The van der Waals surface area contributed by atoms with Crippen molar-refractivity contribution >= 4 is 23.6 Å². The molecule has 0 fully saturated rings. The molecule has 0 aliphatic heterocycles. The molecule has 23 heavy (non-hydrogen) atoms. The standard InChI is InChI=1S/C21H25ClSi/c1-4-10-17-11-8-9-14-19-20(17)15-16(2)21(19)23(3,22)18-12-6-5-7-13-18/h5-9,11-15,17,21H,4,10H2,1-3H3. The molecule has 2 aliphatic carbocycles. The summed E-state index contributed by atoms with van der Waals surface area (Å²) < 4.78 is 0. The van der Waals surface area contributed by atoms with Crippen molar-refractivity contribution in [1.82, 2.24) is 0 Å². The highest BCUT2D eigenvalue weighted by molar-refractivity contribution is 7.28. The van der Waals surface area contributed by atoms with Gasteiger partial charge in [-0.3, -0.25) is 0 Å². The van der Waals surface area contributed by atoms with Crippen LogP contribution in [0.4, 0.5) is 0 Å². The van der Waals surface area contributed by atoms with Gasteiger partial charge < -0.3 is 0 Å². The zero-order valence-corrected chi connectivity index (χ0v) is 16.0. The Morgan fingerprint density at radius 1 is 1.09 bits per heavy atom. The highest BCUT2D eigenvalue weighted by Gasteiger charge is 2.43. The minimum absolute atomic E-state index is 0.372. The molecule has 0 bridgehead atoms. The molecule has 0 nitrogen and oxygen atoms in total. The third-order valence-corrected chi connectivity index (χ3v) is 9.71. The lowest BCUT2D eigenvalue weighted by Gasteiger charge is -2.30. The number of hydrogen-bond acceptors (Lipinski definition) is 0. The van der Waals surface area contributed by atoms with Crippen LogP contribution in [0, 0.1) is 5.92 Å². The van der Waals surface area contributed by atoms with Gasteiger partial charge in [0.25, 0.3) is 0 Å². The molecular formula is C21H25ClSi. The Hall–Kier alpha value is -1.31. The summed E-state index contributed by atoms with van der Waals surface area (Å²) in [6, 6.07) is 10.7. The van der Waals surface area contributed by atoms with Crippen LogP contribution in [0.3, 0.4) is 0 Å². The first-order valence-corrected chi connectivity index (χ1v) is 12.2. The first-order valence-electron chi connectivity index (χ1n) is 8.57. The van der Waals surface area contributed by atoms with Gasteiger partial charge in [-0.1, -0.05) is 86.2 Å². The Balaban J connectivity index is 2.05. The van der Waals surface area contributed by atoms with E-state index in [0.29, 0.717) is 11.5 Å². The van der Waals surface area contributed by atoms with Crippen LogP contribution in [-0.4, -0.2) is 7.38 Å². The van der Waals surface area contributed by atoms with E-state index in [1.54, 1.807) is 0 Å². The molecule has 2 heteroatoms. The Morgan fingerprint density at radius 2 is 1.83 bits per heavy atom. The van der Waals surface area contributed by atoms with Crippen molar-refractivity contribution in [2.75, 3.05) is 0 Å². The molecule has 1 aromatic carbocycles. The van der Waals surface area contributed by atoms with E-state index in [-0.39, 0.29) is 0 Å².